The van der Waals surface area contributed by atoms with Crippen molar-refractivity contribution < 1.29 is 0 Å². The predicted octanol–water partition coefficient (Wildman–Crippen LogP) is 1.00. The SMILES string of the molecule is c1cc(-c2nncn2C2CC2)[nH]n1. The van der Waals surface area contributed by atoms with Gasteiger partial charge >= 0.3 is 0 Å². The summed E-state index contributed by atoms with van der Waals surface area (Å²) >= 11 is 0. The lowest BCUT2D eigenvalue weighted by Crippen LogP contribution is -1.95. The minimum absolute atomic E-state index is 0.605. The molecule has 0 radical (unpaired) electrons. The van der Waals surface area contributed by atoms with Gasteiger partial charge in [0.2, 0.25) is 0 Å². The van der Waals surface area contributed by atoms with Crippen molar-refractivity contribution in [3.8, 4) is 11.5 Å². The molecule has 0 bridgehead atoms. The van der Waals surface area contributed by atoms with Gasteiger partial charge < -0.3 is 4.57 Å². The second-order valence-electron chi connectivity index (χ2n) is 3.26. The van der Waals surface area contributed by atoms with E-state index < -0.39 is 0 Å². The van der Waals surface area contributed by atoms with Gasteiger partial charge in [0.15, 0.2) is 5.82 Å². The van der Waals surface area contributed by atoms with Gasteiger partial charge in [0.05, 0.1) is 0 Å². The van der Waals surface area contributed by atoms with Crippen molar-refractivity contribution >= 4 is 0 Å². The number of nitrogens with zero attached hydrogens (tertiary/aromatic N) is 4. The molecule has 1 aliphatic carbocycles. The van der Waals surface area contributed by atoms with Crippen molar-refractivity contribution in [2.45, 2.75) is 18.9 Å². The molecule has 0 aromatic carbocycles. The molecule has 66 valence electrons. The highest BCUT2D eigenvalue weighted by molar-refractivity contribution is 5.48. The fourth-order valence-electron chi connectivity index (χ4n) is 1.44. The molecule has 1 saturated carbocycles. The summed E-state index contributed by atoms with van der Waals surface area (Å²) in [6.07, 6.45) is 5.98. The van der Waals surface area contributed by atoms with E-state index in [0.29, 0.717) is 6.04 Å². The monoisotopic (exact) mass is 175 g/mol. The summed E-state index contributed by atoms with van der Waals surface area (Å²) in [5.41, 5.74) is 0.935. The molecule has 2 aromatic heterocycles. The van der Waals surface area contributed by atoms with E-state index >= 15 is 0 Å². The standard InChI is InChI=1S/C8H9N5/c1-2-6(1)13-5-10-12-8(13)7-3-4-9-11-7/h3-6H,1-2H2,(H,9,11). The molecule has 2 aromatic rings. The van der Waals surface area contributed by atoms with E-state index in [1.165, 1.54) is 12.8 Å². The zero-order valence-electron chi connectivity index (χ0n) is 7.01. The zero-order valence-corrected chi connectivity index (χ0v) is 7.01. The summed E-state index contributed by atoms with van der Waals surface area (Å²) in [5.74, 6) is 0.889. The molecule has 0 saturated heterocycles. The number of H-pyrrole nitrogens is 1. The summed E-state index contributed by atoms with van der Waals surface area (Å²) in [5, 5.41) is 14.7. The highest BCUT2D eigenvalue weighted by Gasteiger charge is 2.26. The predicted molar refractivity (Wildman–Crippen MR) is 45.9 cm³/mol. The number of rotatable bonds is 2. The molecule has 1 fully saturated rings. The average molecular weight is 175 g/mol. The van der Waals surface area contributed by atoms with Crippen molar-refractivity contribution in [2.24, 2.45) is 0 Å². The lowest BCUT2D eigenvalue weighted by molar-refractivity contribution is 0.743. The normalized spacial score (nSPS) is 16.3. The first-order valence-corrected chi connectivity index (χ1v) is 4.34. The summed E-state index contributed by atoms with van der Waals surface area (Å²) in [7, 11) is 0. The summed E-state index contributed by atoms with van der Waals surface area (Å²) in [4.78, 5) is 0. The van der Waals surface area contributed by atoms with Gasteiger partial charge in [0.1, 0.15) is 12.0 Å². The van der Waals surface area contributed by atoms with Crippen molar-refractivity contribution in [1.29, 1.82) is 0 Å². The Morgan fingerprint density at radius 1 is 1.46 bits per heavy atom. The first-order chi connectivity index (χ1) is 6.45. The molecule has 0 spiro atoms. The zero-order chi connectivity index (χ0) is 8.67. The van der Waals surface area contributed by atoms with E-state index in [1.54, 1.807) is 12.5 Å². The van der Waals surface area contributed by atoms with Gasteiger partial charge in [-0.25, -0.2) is 0 Å². The third-order valence-electron chi connectivity index (χ3n) is 2.25. The molecule has 1 N–H and O–H groups in total. The van der Waals surface area contributed by atoms with Crippen LogP contribution in [-0.2, 0) is 0 Å². The minimum atomic E-state index is 0.605. The summed E-state index contributed by atoms with van der Waals surface area (Å²) in [6, 6.07) is 2.51. The first kappa shape index (κ1) is 6.82. The van der Waals surface area contributed by atoms with Crippen molar-refractivity contribution in [3.63, 3.8) is 0 Å². The summed E-state index contributed by atoms with van der Waals surface area (Å²) in [6.45, 7) is 0. The van der Waals surface area contributed by atoms with Crippen LogP contribution in [0, 0.1) is 0 Å². The number of hydrogen-bond acceptors (Lipinski definition) is 3. The first-order valence-electron chi connectivity index (χ1n) is 4.34. The Morgan fingerprint density at radius 2 is 2.38 bits per heavy atom. The molecular weight excluding hydrogens is 166 g/mol. The largest absolute Gasteiger partial charge is 0.309 e. The van der Waals surface area contributed by atoms with E-state index in [-0.39, 0.29) is 0 Å². The third kappa shape index (κ3) is 1.04. The lowest BCUT2D eigenvalue weighted by atomic mass is 10.4. The minimum Gasteiger partial charge on any atom is -0.309 e. The van der Waals surface area contributed by atoms with Gasteiger partial charge in [-0.05, 0) is 18.9 Å². The second-order valence-corrected chi connectivity index (χ2v) is 3.26. The molecule has 5 nitrogen and oxygen atoms in total. The second kappa shape index (κ2) is 2.42. The highest BCUT2D eigenvalue weighted by Crippen LogP contribution is 2.36. The fraction of sp³-hybridized carbons (Fsp3) is 0.375. The maximum Gasteiger partial charge on any atom is 0.182 e. The van der Waals surface area contributed by atoms with Crippen LogP contribution in [0.4, 0.5) is 0 Å². The van der Waals surface area contributed by atoms with Gasteiger partial charge in [-0.3, -0.25) is 5.10 Å². The van der Waals surface area contributed by atoms with E-state index in [2.05, 4.69) is 25.0 Å². The Balaban J connectivity index is 2.08. The molecule has 0 amide bonds. The van der Waals surface area contributed by atoms with Crippen molar-refractivity contribution in [3.05, 3.63) is 18.6 Å². The number of hydrogen-bond donors (Lipinski definition) is 1. The molecule has 1 aliphatic rings. The van der Waals surface area contributed by atoms with Gasteiger partial charge in [-0.1, -0.05) is 0 Å². The van der Waals surface area contributed by atoms with Crippen LogP contribution < -0.4 is 0 Å². The summed E-state index contributed by atoms with van der Waals surface area (Å²) < 4.78 is 2.10. The quantitative estimate of drug-likeness (QED) is 0.740. The van der Waals surface area contributed by atoms with Crippen LogP contribution in [0.1, 0.15) is 18.9 Å². The maximum atomic E-state index is 4.06. The van der Waals surface area contributed by atoms with E-state index in [0.717, 1.165) is 11.5 Å². The highest BCUT2D eigenvalue weighted by atomic mass is 15.3. The van der Waals surface area contributed by atoms with Crippen LogP contribution in [0.25, 0.3) is 11.5 Å². The smallest absolute Gasteiger partial charge is 0.182 e. The van der Waals surface area contributed by atoms with E-state index in [4.69, 9.17) is 0 Å². The number of nitrogens with one attached hydrogen (secondary N) is 1. The molecule has 5 heteroatoms. The Bertz CT molecular complexity index is 398. The number of aromatic nitrogens is 5. The van der Waals surface area contributed by atoms with Crippen molar-refractivity contribution in [1.82, 2.24) is 25.0 Å². The Morgan fingerprint density at radius 3 is 3.08 bits per heavy atom. The molecular formula is C8H9N5. The van der Waals surface area contributed by atoms with Crippen LogP contribution in [-0.4, -0.2) is 25.0 Å². The van der Waals surface area contributed by atoms with Gasteiger partial charge in [-0.15, -0.1) is 10.2 Å². The van der Waals surface area contributed by atoms with E-state index in [1.807, 2.05) is 6.07 Å². The number of aromatic amines is 1. The van der Waals surface area contributed by atoms with Crippen LogP contribution in [0.3, 0.4) is 0 Å². The van der Waals surface area contributed by atoms with Crippen molar-refractivity contribution in [2.75, 3.05) is 0 Å². The van der Waals surface area contributed by atoms with E-state index in [9.17, 15) is 0 Å². The third-order valence-corrected chi connectivity index (χ3v) is 2.25. The van der Waals surface area contributed by atoms with Crippen LogP contribution in [0.5, 0.6) is 0 Å². The maximum absolute atomic E-state index is 4.06. The molecule has 13 heavy (non-hydrogen) atoms. The van der Waals surface area contributed by atoms with Gasteiger partial charge in [-0.2, -0.15) is 5.10 Å². The van der Waals surface area contributed by atoms with Crippen LogP contribution >= 0.6 is 0 Å². The van der Waals surface area contributed by atoms with Crippen LogP contribution in [0.15, 0.2) is 18.6 Å². The Labute approximate surface area is 74.8 Å². The van der Waals surface area contributed by atoms with Crippen LogP contribution in [0.2, 0.25) is 0 Å². The molecule has 0 aliphatic heterocycles. The van der Waals surface area contributed by atoms with Gasteiger partial charge in [0, 0.05) is 12.2 Å². The molecule has 2 heterocycles. The lowest BCUT2D eigenvalue weighted by Gasteiger charge is -2.00. The molecule has 3 rings (SSSR count). The topological polar surface area (TPSA) is 59.4 Å². The average Bonchev–Trinajstić information content (AvgIpc) is 2.72. The van der Waals surface area contributed by atoms with Gasteiger partial charge in [0.25, 0.3) is 0 Å². The molecule has 0 unspecified atom stereocenters. The Kier molecular flexibility index (Phi) is 1.27. The Hall–Kier alpha value is -1.65. The fourth-order valence-corrected chi connectivity index (χ4v) is 1.44. The molecule has 0 atom stereocenters.